The molecule has 10 heteroatoms. The van der Waals surface area contributed by atoms with E-state index >= 15 is 0 Å². The van der Waals surface area contributed by atoms with E-state index in [9.17, 15) is 23.5 Å². The van der Waals surface area contributed by atoms with Gasteiger partial charge in [0, 0.05) is 18.7 Å². The molecule has 0 amide bonds. The van der Waals surface area contributed by atoms with Crippen molar-refractivity contribution in [3.05, 3.63) is 74.1 Å². The van der Waals surface area contributed by atoms with Crippen LogP contribution in [0.5, 0.6) is 5.75 Å². The predicted octanol–water partition coefficient (Wildman–Crippen LogP) is 3.01. The topological polar surface area (TPSA) is 92.9 Å². The second kappa shape index (κ2) is 9.09. The molecule has 4 unspecified atom stereocenters. The number of carbonyl (C=O) groups is 1. The normalized spacial score (nSPS) is 25.9. The molecule has 0 spiro atoms. The van der Waals surface area contributed by atoms with Crippen LogP contribution in [0.25, 0.3) is 0 Å². The number of pyridine rings is 1. The minimum absolute atomic E-state index is 0.126. The number of benzene rings is 1. The Hall–Kier alpha value is -2.82. The number of ether oxygens (including phenoxy) is 1. The Morgan fingerprint density at radius 2 is 2.18 bits per heavy atom. The summed E-state index contributed by atoms with van der Waals surface area (Å²) in [7, 11) is 0. The van der Waals surface area contributed by atoms with Crippen molar-refractivity contribution in [1.82, 2.24) is 9.88 Å². The summed E-state index contributed by atoms with van der Waals surface area (Å²) in [6, 6.07) is 2.10. The average molecular weight is 488 g/mol. The molecule has 3 aliphatic rings. The van der Waals surface area contributed by atoms with Crippen molar-refractivity contribution in [3.63, 3.8) is 0 Å². The molecule has 4 atom stereocenters. The Morgan fingerprint density at radius 3 is 2.91 bits per heavy atom. The van der Waals surface area contributed by atoms with Crippen LogP contribution in [0, 0.1) is 11.6 Å². The fraction of sp³-hybridized carbons (Fsp3) is 0.375. The molecule has 2 N–H and O–H groups in total. The molecule has 0 bridgehead atoms. The summed E-state index contributed by atoms with van der Waals surface area (Å²) in [4.78, 5) is 30.3. The molecular formula is C24H23F2N3O4S. The number of nitrogens with one attached hydrogen (secondary N) is 1. The van der Waals surface area contributed by atoms with Gasteiger partial charge in [-0.2, -0.15) is 0 Å². The highest BCUT2D eigenvalue weighted by atomic mass is 32.2. The van der Waals surface area contributed by atoms with Gasteiger partial charge in [-0.05, 0) is 29.0 Å². The summed E-state index contributed by atoms with van der Waals surface area (Å²) >= 11 is 1.23. The number of hydrogen-bond donors (Lipinski definition) is 2. The maximum absolute atomic E-state index is 14.3. The number of thioether (sulfide) groups is 1. The molecule has 34 heavy (non-hydrogen) atoms. The summed E-state index contributed by atoms with van der Waals surface area (Å²) in [6.07, 6.45) is 5.10. The third kappa shape index (κ3) is 3.99. The van der Waals surface area contributed by atoms with Gasteiger partial charge in [0.25, 0.3) is 0 Å². The van der Waals surface area contributed by atoms with Gasteiger partial charge >= 0.3 is 0 Å². The monoisotopic (exact) mass is 487 g/mol. The highest BCUT2D eigenvalue weighted by Gasteiger charge is 2.40. The Balaban J connectivity index is 1.54. The van der Waals surface area contributed by atoms with Gasteiger partial charge in [-0.15, -0.1) is 0 Å². The number of nitrogens with zero attached hydrogens (tertiary/aromatic N) is 2. The van der Waals surface area contributed by atoms with Gasteiger partial charge in [0.2, 0.25) is 5.43 Å². The van der Waals surface area contributed by atoms with Gasteiger partial charge < -0.3 is 19.2 Å². The first-order valence-corrected chi connectivity index (χ1v) is 11.9. The maximum Gasteiger partial charge on any atom is 0.233 e. The van der Waals surface area contributed by atoms with Crippen LogP contribution in [0.1, 0.15) is 42.2 Å². The van der Waals surface area contributed by atoms with Crippen LogP contribution >= 0.6 is 11.8 Å². The van der Waals surface area contributed by atoms with Crippen LogP contribution in [0.2, 0.25) is 0 Å². The van der Waals surface area contributed by atoms with Crippen molar-refractivity contribution in [2.75, 3.05) is 13.2 Å². The number of carbonyl (C=O) groups excluding carboxylic acids is 1. The average Bonchev–Trinajstić information content (AvgIpc) is 3.31. The Kier molecular flexibility index (Phi) is 6.13. The zero-order valence-corrected chi connectivity index (χ0v) is 19.1. The summed E-state index contributed by atoms with van der Waals surface area (Å²) in [5.74, 6) is -1.77. The van der Waals surface area contributed by atoms with Gasteiger partial charge in [0.05, 0.1) is 42.6 Å². The lowest BCUT2D eigenvalue weighted by Gasteiger charge is -2.35. The second-order valence-electron chi connectivity index (χ2n) is 8.56. The molecule has 4 heterocycles. The molecule has 1 fully saturated rings. The highest BCUT2D eigenvalue weighted by Crippen LogP contribution is 2.36. The summed E-state index contributed by atoms with van der Waals surface area (Å²) in [6.45, 7) is 2.75. The summed E-state index contributed by atoms with van der Waals surface area (Å²) in [5.41, 5.74) is 0.153. The van der Waals surface area contributed by atoms with E-state index in [1.54, 1.807) is 10.8 Å². The standard InChI is InChI=1S/C24H23F2N3O4S/c1-2-14-7-15(5-12-3-4-13(25)6-17(12)26)34-24(27-14)16-8-29-20-11-33-10-19(20)28-18(9-30)21(29)23(32)22(16)31/h3-4,6-9,14,18-20,28,32H,2,5,10-11H2,1H3. The number of aromatic hydroxyl groups is 1. The molecule has 1 aromatic carbocycles. The van der Waals surface area contributed by atoms with E-state index in [1.807, 2.05) is 13.0 Å². The number of aliphatic imine (C=N–C) groups is 1. The Bertz CT molecular complexity index is 1280. The first-order valence-electron chi connectivity index (χ1n) is 11.1. The van der Waals surface area contributed by atoms with E-state index in [2.05, 4.69) is 10.3 Å². The third-order valence-corrected chi connectivity index (χ3v) is 7.46. The van der Waals surface area contributed by atoms with E-state index in [0.717, 1.165) is 11.0 Å². The molecule has 1 aromatic heterocycles. The molecule has 7 nitrogen and oxygen atoms in total. The van der Waals surface area contributed by atoms with Crippen molar-refractivity contribution < 1.29 is 23.4 Å². The number of hydrogen-bond acceptors (Lipinski definition) is 7. The van der Waals surface area contributed by atoms with Crippen molar-refractivity contribution >= 4 is 23.1 Å². The highest BCUT2D eigenvalue weighted by molar-refractivity contribution is 8.17. The Morgan fingerprint density at radius 1 is 1.35 bits per heavy atom. The molecule has 0 aliphatic carbocycles. The predicted molar refractivity (Wildman–Crippen MR) is 124 cm³/mol. The minimum Gasteiger partial charge on any atom is -0.503 e. The molecule has 1 saturated heterocycles. The van der Waals surface area contributed by atoms with Crippen LogP contribution in [-0.4, -0.2) is 46.3 Å². The van der Waals surface area contributed by atoms with Gasteiger partial charge in [-0.25, -0.2) is 8.78 Å². The third-order valence-electron chi connectivity index (χ3n) is 6.40. The van der Waals surface area contributed by atoms with E-state index in [0.29, 0.717) is 36.5 Å². The first-order chi connectivity index (χ1) is 16.4. The van der Waals surface area contributed by atoms with Crippen molar-refractivity contribution in [2.45, 2.75) is 43.9 Å². The number of allylic oxidation sites excluding steroid dienone is 1. The van der Waals surface area contributed by atoms with Gasteiger partial charge in [-0.3, -0.25) is 15.1 Å². The van der Waals surface area contributed by atoms with Crippen LogP contribution in [-0.2, 0) is 16.0 Å². The van der Waals surface area contributed by atoms with Crippen molar-refractivity contribution in [2.24, 2.45) is 4.99 Å². The summed E-state index contributed by atoms with van der Waals surface area (Å²) in [5, 5.41) is 14.4. The van der Waals surface area contributed by atoms with Gasteiger partial charge in [-0.1, -0.05) is 24.8 Å². The van der Waals surface area contributed by atoms with Gasteiger partial charge in [0.1, 0.15) is 29.0 Å². The SMILES string of the molecule is CCC1C=C(Cc2ccc(F)cc2F)SC(c2cn3c(c(O)c2=O)C(C=O)NC2COCC23)=N1. The zero-order chi connectivity index (χ0) is 24.0. The van der Waals surface area contributed by atoms with E-state index in [-0.39, 0.29) is 35.8 Å². The molecule has 0 saturated carbocycles. The number of fused-ring (bicyclic) bond motifs is 3. The number of aromatic nitrogens is 1. The van der Waals surface area contributed by atoms with Crippen molar-refractivity contribution in [3.8, 4) is 5.75 Å². The largest absolute Gasteiger partial charge is 0.503 e. The van der Waals surface area contributed by atoms with Crippen LogP contribution in [0.4, 0.5) is 8.78 Å². The molecule has 3 aliphatic heterocycles. The Labute approximate surface area is 198 Å². The molecular weight excluding hydrogens is 464 g/mol. The van der Waals surface area contributed by atoms with Crippen molar-refractivity contribution in [1.29, 1.82) is 0 Å². The lowest BCUT2D eigenvalue weighted by atomic mass is 10.0. The van der Waals surface area contributed by atoms with E-state index in [1.165, 1.54) is 23.9 Å². The molecule has 5 rings (SSSR count). The number of aldehydes is 1. The first kappa shape index (κ1) is 22.9. The second-order valence-corrected chi connectivity index (χ2v) is 9.68. The van der Waals surface area contributed by atoms with Crippen LogP contribution in [0.15, 0.2) is 45.2 Å². The fourth-order valence-electron chi connectivity index (χ4n) is 4.63. The molecule has 0 radical (unpaired) electrons. The van der Waals surface area contributed by atoms with Gasteiger partial charge in [0.15, 0.2) is 5.75 Å². The smallest absolute Gasteiger partial charge is 0.233 e. The lowest BCUT2D eigenvalue weighted by Crippen LogP contribution is -2.47. The molecule has 178 valence electrons. The zero-order valence-electron chi connectivity index (χ0n) is 18.3. The number of halogens is 2. The molecule has 2 aromatic rings. The quantitative estimate of drug-likeness (QED) is 0.630. The van der Waals surface area contributed by atoms with Crippen LogP contribution < -0.4 is 10.7 Å². The fourth-order valence-corrected chi connectivity index (χ4v) is 5.77. The van der Waals surface area contributed by atoms with E-state index < -0.39 is 28.9 Å². The van der Waals surface area contributed by atoms with E-state index in [4.69, 9.17) is 4.74 Å². The lowest BCUT2D eigenvalue weighted by molar-refractivity contribution is -0.110. The summed E-state index contributed by atoms with van der Waals surface area (Å²) < 4.78 is 34.9. The maximum atomic E-state index is 14.3. The van der Waals surface area contributed by atoms with Crippen LogP contribution in [0.3, 0.4) is 0 Å². The minimum atomic E-state index is -0.828. The number of rotatable bonds is 5.